The number of rotatable bonds is 2. The van der Waals surface area contributed by atoms with Gasteiger partial charge in [0.05, 0.1) is 12.2 Å². The number of piperidine rings is 2. The lowest BCUT2D eigenvalue weighted by Gasteiger charge is -2.35. The Morgan fingerprint density at radius 1 is 1.06 bits per heavy atom. The topological polar surface area (TPSA) is 57.7 Å². The highest BCUT2D eigenvalue weighted by atomic mass is 32.2. The summed E-state index contributed by atoms with van der Waals surface area (Å²) in [5, 5.41) is 0. The molecule has 6 heteroatoms. The molecule has 0 bridgehead atoms. The van der Waals surface area contributed by atoms with Crippen molar-refractivity contribution in [2.45, 2.75) is 32.1 Å². The molecular weight excluding hydrogens is 252 g/mol. The van der Waals surface area contributed by atoms with Crippen molar-refractivity contribution in [3.63, 3.8) is 0 Å². The van der Waals surface area contributed by atoms with Crippen LogP contribution < -0.4 is 0 Å². The Morgan fingerprint density at radius 2 is 1.72 bits per heavy atom. The van der Waals surface area contributed by atoms with Gasteiger partial charge in [0.15, 0.2) is 0 Å². The Kier molecular flexibility index (Phi) is 4.27. The van der Waals surface area contributed by atoms with Gasteiger partial charge in [-0.25, -0.2) is 12.7 Å². The lowest BCUT2D eigenvalue weighted by Crippen LogP contribution is -2.47. The van der Waals surface area contributed by atoms with Crippen molar-refractivity contribution in [2.24, 2.45) is 5.92 Å². The average Bonchev–Trinajstić information content (AvgIpc) is 2.38. The maximum Gasteiger partial charge on any atom is 0.227 e. The molecule has 2 aliphatic rings. The molecule has 0 aromatic carbocycles. The Bertz CT molecular complexity index is 402. The van der Waals surface area contributed by atoms with Crippen molar-refractivity contribution in [3.05, 3.63) is 0 Å². The number of amides is 1. The average molecular weight is 274 g/mol. The van der Waals surface area contributed by atoms with Gasteiger partial charge in [-0.3, -0.25) is 4.79 Å². The van der Waals surface area contributed by atoms with Crippen LogP contribution in [0.25, 0.3) is 0 Å². The predicted molar refractivity (Wildman–Crippen MR) is 69.6 cm³/mol. The van der Waals surface area contributed by atoms with E-state index in [1.54, 1.807) is 0 Å². The van der Waals surface area contributed by atoms with Gasteiger partial charge in [-0.1, -0.05) is 0 Å². The van der Waals surface area contributed by atoms with Crippen molar-refractivity contribution >= 4 is 15.9 Å². The zero-order valence-corrected chi connectivity index (χ0v) is 11.8. The lowest BCUT2D eigenvalue weighted by atomic mass is 9.97. The van der Waals surface area contributed by atoms with Crippen LogP contribution in [0, 0.1) is 5.92 Å². The maximum atomic E-state index is 12.3. The fourth-order valence-corrected chi connectivity index (χ4v) is 3.73. The first kappa shape index (κ1) is 13.8. The zero-order valence-electron chi connectivity index (χ0n) is 11.0. The summed E-state index contributed by atoms with van der Waals surface area (Å²) >= 11 is 0. The third kappa shape index (κ3) is 3.23. The molecule has 2 heterocycles. The summed E-state index contributed by atoms with van der Waals surface area (Å²) in [6.07, 6.45) is 6.19. The molecule has 18 heavy (non-hydrogen) atoms. The van der Waals surface area contributed by atoms with E-state index in [-0.39, 0.29) is 11.8 Å². The Hall–Kier alpha value is -0.620. The van der Waals surface area contributed by atoms with Gasteiger partial charge in [0.1, 0.15) is 0 Å². The van der Waals surface area contributed by atoms with Gasteiger partial charge in [0.2, 0.25) is 15.9 Å². The highest BCUT2D eigenvalue weighted by molar-refractivity contribution is 7.88. The van der Waals surface area contributed by atoms with Crippen LogP contribution in [0.1, 0.15) is 32.1 Å². The van der Waals surface area contributed by atoms with Gasteiger partial charge in [-0.15, -0.1) is 0 Å². The Morgan fingerprint density at radius 3 is 2.33 bits per heavy atom. The van der Waals surface area contributed by atoms with Crippen LogP contribution in [0.4, 0.5) is 0 Å². The Balaban J connectivity index is 1.97. The van der Waals surface area contributed by atoms with E-state index in [9.17, 15) is 13.2 Å². The largest absolute Gasteiger partial charge is 0.342 e. The van der Waals surface area contributed by atoms with E-state index in [4.69, 9.17) is 0 Å². The second-order valence-corrected chi connectivity index (χ2v) is 7.33. The molecule has 1 atom stereocenters. The fraction of sp³-hybridized carbons (Fsp3) is 0.917. The molecule has 0 saturated carbocycles. The fourth-order valence-electron chi connectivity index (χ4n) is 2.82. The van der Waals surface area contributed by atoms with Crippen LogP contribution in [0.15, 0.2) is 0 Å². The van der Waals surface area contributed by atoms with Crippen molar-refractivity contribution < 1.29 is 13.2 Å². The van der Waals surface area contributed by atoms with E-state index in [1.165, 1.54) is 17.0 Å². The Labute approximate surface area is 109 Å². The molecule has 0 N–H and O–H groups in total. The molecule has 0 radical (unpaired) electrons. The number of sulfonamides is 1. The third-order valence-corrected chi connectivity index (χ3v) is 5.14. The summed E-state index contributed by atoms with van der Waals surface area (Å²) < 4.78 is 24.5. The predicted octanol–water partition coefficient (Wildman–Crippen LogP) is 0.670. The molecule has 0 aromatic heterocycles. The normalized spacial score (nSPS) is 27.2. The molecule has 104 valence electrons. The van der Waals surface area contributed by atoms with Gasteiger partial charge in [0.25, 0.3) is 0 Å². The number of hydrogen-bond acceptors (Lipinski definition) is 3. The van der Waals surface area contributed by atoms with Crippen LogP contribution in [-0.2, 0) is 14.8 Å². The van der Waals surface area contributed by atoms with Crippen molar-refractivity contribution in [1.82, 2.24) is 9.21 Å². The quantitative estimate of drug-likeness (QED) is 0.743. The highest BCUT2D eigenvalue weighted by Gasteiger charge is 2.32. The van der Waals surface area contributed by atoms with Crippen LogP contribution in [0.3, 0.4) is 0 Å². The summed E-state index contributed by atoms with van der Waals surface area (Å²) in [6.45, 7) is 2.61. The number of nitrogens with zero attached hydrogens (tertiary/aromatic N) is 2. The lowest BCUT2D eigenvalue weighted by molar-refractivity contribution is -0.137. The third-order valence-electron chi connectivity index (χ3n) is 3.87. The number of carbonyl (C=O) groups excluding carboxylic acids is 1. The monoisotopic (exact) mass is 274 g/mol. The first-order chi connectivity index (χ1) is 8.48. The minimum absolute atomic E-state index is 0.133. The molecule has 2 aliphatic heterocycles. The van der Waals surface area contributed by atoms with E-state index in [1.807, 2.05) is 4.90 Å². The van der Waals surface area contributed by atoms with Gasteiger partial charge in [-0.05, 0) is 32.1 Å². The first-order valence-electron chi connectivity index (χ1n) is 6.72. The molecule has 1 amide bonds. The van der Waals surface area contributed by atoms with Crippen LogP contribution in [0.5, 0.6) is 0 Å². The molecule has 0 aromatic rings. The van der Waals surface area contributed by atoms with E-state index in [0.29, 0.717) is 13.1 Å². The molecule has 2 fully saturated rings. The summed E-state index contributed by atoms with van der Waals surface area (Å²) in [4.78, 5) is 14.2. The second-order valence-electron chi connectivity index (χ2n) is 5.35. The number of hydrogen-bond donors (Lipinski definition) is 0. The van der Waals surface area contributed by atoms with Gasteiger partial charge in [-0.2, -0.15) is 0 Å². The molecule has 2 rings (SSSR count). The van der Waals surface area contributed by atoms with Crippen LogP contribution in [-0.4, -0.2) is 56.0 Å². The van der Waals surface area contributed by atoms with Gasteiger partial charge >= 0.3 is 0 Å². The smallest absolute Gasteiger partial charge is 0.227 e. The SMILES string of the molecule is CS(=O)(=O)N1CCCC(C(=O)N2CCCCC2)C1. The number of carbonyl (C=O) groups is 1. The zero-order chi connectivity index (χ0) is 13.2. The number of likely N-dealkylation sites (tertiary alicyclic amines) is 1. The van der Waals surface area contributed by atoms with E-state index < -0.39 is 10.0 Å². The first-order valence-corrected chi connectivity index (χ1v) is 8.57. The van der Waals surface area contributed by atoms with Crippen molar-refractivity contribution in [2.75, 3.05) is 32.4 Å². The second kappa shape index (κ2) is 5.57. The maximum absolute atomic E-state index is 12.3. The minimum atomic E-state index is -3.16. The molecular formula is C12H22N2O3S. The molecule has 0 spiro atoms. The van der Waals surface area contributed by atoms with Crippen LogP contribution in [0.2, 0.25) is 0 Å². The minimum Gasteiger partial charge on any atom is -0.342 e. The van der Waals surface area contributed by atoms with Gasteiger partial charge in [0, 0.05) is 26.2 Å². The summed E-state index contributed by atoms with van der Waals surface area (Å²) in [7, 11) is -3.16. The van der Waals surface area contributed by atoms with Gasteiger partial charge < -0.3 is 4.90 Å². The van der Waals surface area contributed by atoms with E-state index >= 15 is 0 Å². The molecule has 0 aliphatic carbocycles. The van der Waals surface area contributed by atoms with Crippen molar-refractivity contribution in [3.8, 4) is 0 Å². The molecule has 5 nitrogen and oxygen atoms in total. The highest BCUT2D eigenvalue weighted by Crippen LogP contribution is 2.22. The summed E-state index contributed by atoms with van der Waals surface area (Å²) in [6, 6.07) is 0. The molecule has 1 unspecified atom stereocenters. The standard InChI is InChI=1S/C12H22N2O3S/c1-18(16,17)14-9-5-6-11(10-14)12(15)13-7-3-2-4-8-13/h11H,2-10H2,1H3. The van der Waals surface area contributed by atoms with E-state index in [0.717, 1.165) is 38.8 Å². The van der Waals surface area contributed by atoms with Crippen LogP contribution >= 0.6 is 0 Å². The van der Waals surface area contributed by atoms with Crippen molar-refractivity contribution in [1.29, 1.82) is 0 Å². The summed E-state index contributed by atoms with van der Waals surface area (Å²) in [5.74, 6) is 0.0228. The molecule has 2 saturated heterocycles. The van der Waals surface area contributed by atoms with E-state index in [2.05, 4.69) is 0 Å². The summed E-state index contributed by atoms with van der Waals surface area (Å²) in [5.41, 5.74) is 0.